The Labute approximate surface area is 112 Å². The molecule has 0 spiro atoms. The Hall–Kier alpha value is -0.170. The van der Waals surface area contributed by atoms with Crippen molar-refractivity contribution in [2.75, 3.05) is 26.2 Å². The fourth-order valence-corrected chi connectivity index (χ4v) is 3.71. The van der Waals surface area contributed by atoms with Crippen LogP contribution in [0.1, 0.15) is 46.0 Å². The van der Waals surface area contributed by atoms with E-state index in [-0.39, 0.29) is 0 Å². The minimum atomic E-state index is -3.28. The van der Waals surface area contributed by atoms with E-state index in [1.54, 1.807) is 4.31 Å². The molecule has 0 amide bonds. The number of nitrogens with one attached hydrogen (secondary N) is 2. The van der Waals surface area contributed by atoms with Gasteiger partial charge in [-0.2, -0.15) is 12.7 Å². The van der Waals surface area contributed by atoms with Gasteiger partial charge in [0.1, 0.15) is 0 Å². The number of rotatable bonds is 9. The molecule has 0 radical (unpaired) electrons. The van der Waals surface area contributed by atoms with Gasteiger partial charge in [0.15, 0.2) is 0 Å². The first-order chi connectivity index (χ1) is 8.60. The summed E-state index contributed by atoms with van der Waals surface area (Å²) >= 11 is 0. The van der Waals surface area contributed by atoms with E-state index in [4.69, 9.17) is 0 Å². The fraction of sp³-hybridized carbons (Fsp3) is 1.00. The molecule has 0 saturated carbocycles. The van der Waals surface area contributed by atoms with Crippen LogP contribution in [0.15, 0.2) is 0 Å². The average molecular weight is 277 g/mol. The van der Waals surface area contributed by atoms with Gasteiger partial charge in [0, 0.05) is 25.7 Å². The molecular weight excluding hydrogens is 250 g/mol. The quantitative estimate of drug-likeness (QED) is 0.663. The second-order valence-electron chi connectivity index (χ2n) is 4.88. The molecule has 108 valence electrons. The Morgan fingerprint density at radius 3 is 2.44 bits per heavy atom. The third-order valence-electron chi connectivity index (χ3n) is 3.23. The Balaban J connectivity index is 2.35. The molecular formula is C12H27N3O2S. The molecule has 1 unspecified atom stereocenters. The second kappa shape index (κ2) is 8.09. The van der Waals surface area contributed by atoms with E-state index < -0.39 is 10.2 Å². The zero-order chi connectivity index (χ0) is 13.4. The van der Waals surface area contributed by atoms with Gasteiger partial charge in [0.05, 0.1) is 0 Å². The summed E-state index contributed by atoms with van der Waals surface area (Å²) in [6, 6.07) is 0.485. The van der Waals surface area contributed by atoms with Crippen LogP contribution in [0, 0.1) is 0 Å². The van der Waals surface area contributed by atoms with Gasteiger partial charge < -0.3 is 5.32 Å². The van der Waals surface area contributed by atoms with E-state index in [1.165, 1.54) is 6.42 Å². The van der Waals surface area contributed by atoms with E-state index in [0.29, 0.717) is 25.7 Å². The maximum Gasteiger partial charge on any atom is 0.279 e. The second-order valence-corrected chi connectivity index (χ2v) is 6.64. The SMILES string of the molecule is CCCN(CCC)S(=O)(=O)NCCC1CCCN1. The predicted octanol–water partition coefficient (Wildman–Crippen LogP) is 1.08. The predicted molar refractivity (Wildman–Crippen MR) is 74.7 cm³/mol. The van der Waals surface area contributed by atoms with Crippen LogP contribution in [0.5, 0.6) is 0 Å². The molecule has 1 heterocycles. The van der Waals surface area contributed by atoms with Crippen LogP contribution in [0.2, 0.25) is 0 Å². The van der Waals surface area contributed by atoms with Crippen molar-refractivity contribution in [3.8, 4) is 0 Å². The van der Waals surface area contributed by atoms with Crippen LogP contribution in [0.25, 0.3) is 0 Å². The van der Waals surface area contributed by atoms with Crippen LogP contribution in [-0.2, 0) is 10.2 Å². The summed E-state index contributed by atoms with van der Waals surface area (Å²) in [6.45, 7) is 6.80. The minimum absolute atomic E-state index is 0.485. The van der Waals surface area contributed by atoms with Gasteiger partial charge in [-0.05, 0) is 38.6 Å². The maximum atomic E-state index is 12.1. The monoisotopic (exact) mass is 277 g/mol. The molecule has 2 N–H and O–H groups in total. The highest BCUT2D eigenvalue weighted by Crippen LogP contribution is 2.08. The first-order valence-electron chi connectivity index (χ1n) is 7.08. The topological polar surface area (TPSA) is 61.4 Å². The number of nitrogens with zero attached hydrogens (tertiary/aromatic N) is 1. The van der Waals surface area contributed by atoms with Crippen LogP contribution in [0.3, 0.4) is 0 Å². The molecule has 0 aromatic carbocycles. The molecule has 1 aliphatic rings. The Morgan fingerprint density at radius 1 is 1.28 bits per heavy atom. The molecule has 0 aliphatic carbocycles. The van der Waals surface area contributed by atoms with Crippen molar-refractivity contribution in [1.29, 1.82) is 0 Å². The first-order valence-corrected chi connectivity index (χ1v) is 8.52. The van der Waals surface area contributed by atoms with Crippen molar-refractivity contribution in [3.63, 3.8) is 0 Å². The van der Waals surface area contributed by atoms with Gasteiger partial charge in [0.25, 0.3) is 10.2 Å². The van der Waals surface area contributed by atoms with Crippen LogP contribution in [-0.4, -0.2) is 44.9 Å². The molecule has 0 aromatic heterocycles. The van der Waals surface area contributed by atoms with Gasteiger partial charge >= 0.3 is 0 Å². The summed E-state index contributed by atoms with van der Waals surface area (Å²) < 4.78 is 28.4. The Morgan fingerprint density at radius 2 is 1.94 bits per heavy atom. The molecule has 0 bridgehead atoms. The van der Waals surface area contributed by atoms with Crippen molar-refractivity contribution < 1.29 is 8.42 Å². The lowest BCUT2D eigenvalue weighted by molar-refractivity contribution is 0.400. The van der Waals surface area contributed by atoms with Crippen molar-refractivity contribution in [1.82, 2.24) is 14.3 Å². The third kappa shape index (κ3) is 5.22. The molecule has 1 rings (SSSR count). The molecule has 18 heavy (non-hydrogen) atoms. The Kier molecular flexibility index (Phi) is 7.14. The molecule has 1 aliphatic heterocycles. The summed E-state index contributed by atoms with van der Waals surface area (Å²) in [7, 11) is -3.28. The van der Waals surface area contributed by atoms with E-state index in [1.807, 2.05) is 13.8 Å². The molecule has 1 fully saturated rings. The normalized spacial score (nSPS) is 20.7. The largest absolute Gasteiger partial charge is 0.314 e. The fourth-order valence-electron chi connectivity index (χ4n) is 2.31. The lowest BCUT2D eigenvalue weighted by Crippen LogP contribution is -2.42. The highest BCUT2D eigenvalue weighted by molar-refractivity contribution is 7.87. The standard InChI is InChI=1S/C12H27N3O2S/c1-3-10-15(11-4-2)18(16,17)14-9-7-12-6-5-8-13-12/h12-14H,3-11H2,1-2H3. The average Bonchev–Trinajstić information content (AvgIpc) is 2.81. The summed E-state index contributed by atoms with van der Waals surface area (Å²) in [5.41, 5.74) is 0. The summed E-state index contributed by atoms with van der Waals surface area (Å²) in [5.74, 6) is 0. The van der Waals surface area contributed by atoms with Crippen molar-refractivity contribution in [2.24, 2.45) is 0 Å². The van der Waals surface area contributed by atoms with Crippen molar-refractivity contribution in [2.45, 2.75) is 52.0 Å². The summed E-state index contributed by atoms with van der Waals surface area (Å²) in [4.78, 5) is 0. The molecule has 5 nitrogen and oxygen atoms in total. The molecule has 1 saturated heterocycles. The third-order valence-corrected chi connectivity index (χ3v) is 4.84. The van der Waals surface area contributed by atoms with Gasteiger partial charge in [0.2, 0.25) is 0 Å². The minimum Gasteiger partial charge on any atom is -0.314 e. The lowest BCUT2D eigenvalue weighted by atomic mass is 10.2. The highest BCUT2D eigenvalue weighted by Gasteiger charge is 2.20. The number of hydrogen-bond donors (Lipinski definition) is 2. The molecule has 0 aromatic rings. The van der Waals surface area contributed by atoms with Gasteiger partial charge in [-0.3, -0.25) is 0 Å². The highest BCUT2D eigenvalue weighted by atomic mass is 32.2. The van der Waals surface area contributed by atoms with Crippen LogP contribution < -0.4 is 10.0 Å². The number of hydrogen-bond acceptors (Lipinski definition) is 3. The lowest BCUT2D eigenvalue weighted by Gasteiger charge is -2.21. The van der Waals surface area contributed by atoms with Gasteiger partial charge in [-0.1, -0.05) is 13.8 Å². The zero-order valence-corrected chi connectivity index (χ0v) is 12.4. The zero-order valence-electron chi connectivity index (χ0n) is 11.6. The summed E-state index contributed by atoms with van der Waals surface area (Å²) in [6.07, 6.45) is 4.95. The van der Waals surface area contributed by atoms with E-state index in [0.717, 1.165) is 32.2 Å². The van der Waals surface area contributed by atoms with E-state index >= 15 is 0 Å². The molecule has 1 atom stereocenters. The van der Waals surface area contributed by atoms with Crippen LogP contribution >= 0.6 is 0 Å². The van der Waals surface area contributed by atoms with E-state index in [2.05, 4.69) is 10.0 Å². The first kappa shape index (κ1) is 15.9. The molecule has 6 heteroatoms. The summed E-state index contributed by atoms with van der Waals surface area (Å²) in [5, 5.41) is 3.37. The van der Waals surface area contributed by atoms with Gasteiger partial charge in [-0.15, -0.1) is 0 Å². The van der Waals surface area contributed by atoms with Gasteiger partial charge in [-0.25, -0.2) is 4.72 Å². The maximum absolute atomic E-state index is 12.1. The Bertz CT molecular complexity index is 307. The van der Waals surface area contributed by atoms with Crippen molar-refractivity contribution >= 4 is 10.2 Å². The van der Waals surface area contributed by atoms with Crippen molar-refractivity contribution in [3.05, 3.63) is 0 Å². The smallest absolute Gasteiger partial charge is 0.279 e. The van der Waals surface area contributed by atoms with Crippen LogP contribution in [0.4, 0.5) is 0 Å². The van der Waals surface area contributed by atoms with E-state index in [9.17, 15) is 8.42 Å².